The van der Waals surface area contributed by atoms with Crippen LogP contribution in [0.5, 0.6) is 0 Å². The summed E-state index contributed by atoms with van der Waals surface area (Å²) in [5.41, 5.74) is 1.87. The molecule has 1 aromatic carbocycles. The molecule has 9 heteroatoms. The molecule has 160 valence electrons. The molecular weight excluding hydrogens is 483 g/mol. The number of guanidine groups is 1. The first-order chi connectivity index (χ1) is 13.4. The number of benzene rings is 1. The number of imidazole rings is 1. The Morgan fingerprint density at radius 3 is 2.55 bits per heavy atom. The van der Waals surface area contributed by atoms with Crippen LogP contribution >= 0.6 is 24.0 Å². The van der Waals surface area contributed by atoms with Gasteiger partial charge >= 0.3 is 6.09 Å². The molecule has 1 heterocycles. The highest BCUT2D eigenvalue weighted by atomic mass is 127. The summed E-state index contributed by atoms with van der Waals surface area (Å²) < 4.78 is 7.23. The van der Waals surface area contributed by atoms with Crippen LogP contribution in [0.3, 0.4) is 0 Å². The maximum Gasteiger partial charge on any atom is 0.407 e. The van der Waals surface area contributed by atoms with Crippen molar-refractivity contribution in [1.82, 2.24) is 25.5 Å². The standard InChI is InChI=1S/C20H30N6O2.HI/c1-20(2,3)28-19(27)24-9-8-23-18(21-4)25-13-16-6-5-7-17(12-16)14-26-11-10-22-15-26;/h5-7,10-12,15H,8-9,13-14H2,1-4H3,(H,24,27)(H2,21,23,25);1H. The Hall–Kier alpha value is -2.30. The van der Waals surface area contributed by atoms with Gasteiger partial charge in [-0.05, 0) is 31.9 Å². The van der Waals surface area contributed by atoms with Gasteiger partial charge in [0.05, 0.1) is 6.33 Å². The summed E-state index contributed by atoms with van der Waals surface area (Å²) in [6, 6.07) is 8.37. The van der Waals surface area contributed by atoms with Gasteiger partial charge in [0.25, 0.3) is 0 Å². The smallest absolute Gasteiger partial charge is 0.407 e. The fraction of sp³-hybridized carbons (Fsp3) is 0.450. The zero-order valence-corrected chi connectivity index (χ0v) is 19.8. The fourth-order valence-electron chi connectivity index (χ4n) is 2.50. The lowest BCUT2D eigenvalue weighted by Gasteiger charge is -2.20. The zero-order chi connectivity index (χ0) is 20.4. The normalized spacial score (nSPS) is 11.4. The molecule has 3 N–H and O–H groups in total. The highest BCUT2D eigenvalue weighted by molar-refractivity contribution is 14.0. The summed E-state index contributed by atoms with van der Waals surface area (Å²) in [6.07, 6.45) is 5.11. The van der Waals surface area contributed by atoms with Gasteiger partial charge < -0.3 is 25.3 Å². The molecule has 1 aromatic heterocycles. The number of ether oxygens (including phenoxy) is 1. The number of rotatable bonds is 7. The van der Waals surface area contributed by atoms with E-state index in [1.807, 2.05) is 43.9 Å². The molecule has 0 fully saturated rings. The summed E-state index contributed by atoms with van der Waals surface area (Å²) in [5, 5.41) is 9.15. The largest absolute Gasteiger partial charge is 0.444 e. The molecular formula is C20H31IN6O2. The Morgan fingerprint density at radius 2 is 1.90 bits per heavy atom. The van der Waals surface area contributed by atoms with Gasteiger partial charge in [0.15, 0.2) is 5.96 Å². The van der Waals surface area contributed by atoms with E-state index in [2.05, 4.69) is 44.1 Å². The molecule has 29 heavy (non-hydrogen) atoms. The lowest BCUT2D eigenvalue weighted by atomic mass is 10.1. The summed E-state index contributed by atoms with van der Waals surface area (Å²) in [5.74, 6) is 0.672. The number of carbonyl (C=O) groups is 1. The average molecular weight is 514 g/mol. The van der Waals surface area contributed by atoms with Crippen molar-refractivity contribution in [3.05, 3.63) is 54.1 Å². The van der Waals surface area contributed by atoms with Crippen molar-refractivity contribution in [2.45, 2.75) is 39.5 Å². The SMILES string of the molecule is CN=C(NCCNC(=O)OC(C)(C)C)NCc1cccc(Cn2ccnc2)c1.I. The molecule has 1 amide bonds. The average Bonchev–Trinajstić information content (AvgIpc) is 3.13. The molecule has 8 nitrogen and oxygen atoms in total. The second-order valence-electron chi connectivity index (χ2n) is 7.34. The molecule has 0 bridgehead atoms. The van der Waals surface area contributed by atoms with Crippen molar-refractivity contribution in [2.24, 2.45) is 4.99 Å². The topological polar surface area (TPSA) is 92.6 Å². The highest BCUT2D eigenvalue weighted by Gasteiger charge is 2.15. The van der Waals surface area contributed by atoms with E-state index >= 15 is 0 Å². The summed E-state index contributed by atoms with van der Waals surface area (Å²) in [6.45, 7) is 7.92. The molecule has 0 radical (unpaired) electrons. The van der Waals surface area contributed by atoms with Crippen molar-refractivity contribution in [3.63, 3.8) is 0 Å². The van der Waals surface area contributed by atoms with Crippen molar-refractivity contribution < 1.29 is 9.53 Å². The number of nitrogens with zero attached hydrogens (tertiary/aromatic N) is 3. The molecule has 0 saturated carbocycles. The van der Waals surface area contributed by atoms with Gasteiger partial charge in [0.2, 0.25) is 0 Å². The molecule has 0 aliphatic heterocycles. The van der Waals surface area contributed by atoms with Crippen LogP contribution in [0.4, 0.5) is 4.79 Å². The molecule has 0 aliphatic rings. The molecule has 0 atom stereocenters. The lowest BCUT2D eigenvalue weighted by Crippen LogP contribution is -2.42. The minimum atomic E-state index is -0.499. The van der Waals surface area contributed by atoms with E-state index in [1.165, 1.54) is 5.56 Å². The lowest BCUT2D eigenvalue weighted by molar-refractivity contribution is 0.0529. The fourth-order valence-corrected chi connectivity index (χ4v) is 2.50. The number of aromatic nitrogens is 2. The third-order valence-corrected chi connectivity index (χ3v) is 3.68. The predicted octanol–water partition coefficient (Wildman–Crippen LogP) is 2.74. The summed E-state index contributed by atoms with van der Waals surface area (Å²) in [7, 11) is 1.71. The molecule has 0 unspecified atom stereocenters. The van der Waals surface area contributed by atoms with E-state index in [-0.39, 0.29) is 24.0 Å². The van der Waals surface area contributed by atoms with Gasteiger partial charge in [0, 0.05) is 45.6 Å². The molecule has 0 saturated heterocycles. The van der Waals surface area contributed by atoms with Crippen LogP contribution in [0.15, 0.2) is 48.0 Å². The molecule has 0 spiro atoms. The monoisotopic (exact) mass is 514 g/mol. The number of halogens is 1. The Kier molecular flexibility index (Phi) is 10.5. The number of aliphatic imine (C=N–C) groups is 1. The molecule has 0 aliphatic carbocycles. The number of hydrogen-bond acceptors (Lipinski definition) is 4. The van der Waals surface area contributed by atoms with Crippen molar-refractivity contribution in [1.29, 1.82) is 0 Å². The minimum absolute atomic E-state index is 0. The number of nitrogens with one attached hydrogen (secondary N) is 3. The number of hydrogen-bond donors (Lipinski definition) is 3. The van der Waals surface area contributed by atoms with E-state index in [1.54, 1.807) is 13.2 Å². The van der Waals surface area contributed by atoms with E-state index in [0.29, 0.717) is 25.6 Å². The van der Waals surface area contributed by atoms with E-state index in [4.69, 9.17) is 4.74 Å². The number of amides is 1. The first kappa shape index (κ1) is 24.7. The third-order valence-electron chi connectivity index (χ3n) is 3.68. The Bertz CT molecular complexity index is 772. The van der Waals surface area contributed by atoms with E-state index in [0.717, 1.165) is 12.1 Å². The first-order valence-electron chi connectivity index (χ1n) is 9.30. The van der Waals surface area contributed by atoms with Gasteiger partial charge in [-0.2, -0.15) is 0 Å². The quantitative estimate of drug-likeness (QED) is 0.229. The van der Waals surface area contributed by atoms with Crippen LogP contribution in [0.1, 0.15) is 31.9 Å². The molecule has 2 aromatic rings. The van der Waals surface area contributed by atoms with Gasteiger partial charge in [-0.1, -0.05) is 24.3 Å². The second kappa shape index (κ2) is 12.3. The van der Waals surface area contributed by atoms with Crippen LogP contribution in [-0.4, -0.2) is 47.3 Å². The second-order valence-corrected chi connectivity index (χ2v) is 7.34. The van der Waals surface area contributed by atoms with Crippen LogP contribution in [0.2, 0.25) is 0 Å². The van der Waals surface area contributed by atoms with Crippen molar-refractivity contribution in [2.75, 3.05) is 20.1 Å². The van der Waals surface area contributed by atoms with Crippen molar-refractivity contribution >= 4 is 36.0 Å². The zero-order valence-electron chi connectivity index (χ0n) is 17.4. The van der Waals surface area contributed by atoms with Gasteiger partial charge in [-0.15, -0.1) is 24.0 Å². The summed E-state index contributed by atoms with van der Waals surface area (Å²) in [4.78, 5) is 19.9. The Morgan fingerprint density at radius 1 is 1.17 bits per heavy atom. The van der Waals surface area contributed by atoms with Crippen LogP contribution < -0.4 is 16.0 Å². The Labute approximate surface area is 189 Å². The molecule has 2 rings (SSSR count). The highest BCUT2D eigenvalue weighted by Crippen LogP contribution is 2.07. The van der Waals surface area contributed by atoms with Crippen molar-refractivity contribution in [3.8, 4) is 0 Å². The Balaban J connectivity index is 0.00000420. The predicted molar refractivity (Wildman–Crippen MR) is 126 cm³/mol. The summed E-state index contributed by atoms with van der Waals surface area (Å²) >= 11 is 0. The van der Waals surface area contributed by atoms with Crippen LogP contribution in [0, 0.1) is 0 Å². The third kappa shape index (κ3) is 10.2. The number of alkyl carbamates (subject to hydrolysis) is 1. The first-order valence-corrected chi connectivity index (χ1v) is 9.30. The maximum atomic E-state index is 11.6. The minimum Gasteiger partial charge on any atom is -0.444 e. The van der Waals surface area contributed by atoms with Gasteiger partial charge in [0.1, 0.15) is 5.60 Å². The van der Waals surface area contributed by atoms with Crippen LogP contribution in [0.25, 0.3) is 0 Å². The van der Waals surface area contributed by atoms with E-state index < -0.39 is 11.7 Å². The van der Waals surface area contributed by atoms with Crippen LogP contribution in [-0.2, 0) is 17.8 Å². The van der Waals surface area contributed by atoms with Gasteiger partial charge in [-0.25, -0.2) is 9.78 Å². The maximum absolute atomic E-state index is 11.6. The number of carbonyl (C=O) groups excluding carboxylic acids is 1. The van der Waals surface area contributed by atoms with E-state index in [9.17, 15) is 4.79 Å². The van der Waals surface area contributed by atoms with Gasteiger partial charge in [-0.3, -0.25) is 4.99 Å².